The van der Waals surface area contributed by atoms with Gasteiger partial charge in [-0.05, 0) is 24.3 Å². The molecule has 0 fully saturated rings. The largest absolute Gasteiger partial charge is 0.419 e. The average Bonchev–Trinajstić information content (AvgIpc) is 2.94. The molecule has 0 aliphatic heterocycles. The topological polar surface area (TPSA) is 51.0 Å². The lowest BCUT2D eigenvalue weighted by Crippen LogP contribution is -2.00. The number of nitrogens with zero attached hydrogens (tertiary/aromatic N) is 2. The van der Waals surface area contributed by atoms with Gasteiger partial charge in [-0.3, -0.25) is 0 Å². The van der Waals surface area contributed by atoms with Gasteiger partial charge < -0.3 is 9.73 Å². The summed E-state index contributed by atoms with van der Waals surface area (Å²) < 4.78 is 31.6. The van der Waals surface area contributed by atoms with E-state index < -0.39 is 11.6 Å². The van der Waals surface area contributed by atoms with Crippen molar-refractivity contribution in [3.63, 3.8) is 0 Å². The predicted octanol–water partition coefficient (Wildman–Crippen LogP) is 3.63. The van der Waals surface area contributed by atoms with Crippen LogP contribution in [-0.4, -0.2) is 10.2 Å². The van der Waals surface area contributed by atoms with E-state index >= 15 is 0 Å². The summed E-state index contributed by atoms with van der Waals surface area (Å²) in [5, 5.41) is 10.6. The Labute approximate surface area is 119 Å². The van der Waals surface area contributed by atoms with Crippen LogP contribution in [0.15, 0.2) is 52.9 Å². The van der Waals surface area contributed by atoms with Gasteiger partial charge in [0.2, 0.25) is 11.8 Å². The number of benzene rings is 2. The number of anilines is 1. The molecule has 0 unspecified atom stereocenters. The number of aromatic nitrogens is 2. The lowest BCUT2D eigenvalue weighted by Gasteiger charge is -2.03. The molecule has 0 aliphatic rings. The molecule has 1 aromatic heterocycles. The molecule has 0 radical (unpaired) electrons. The molecule has 3 aromatic rings. The van der Waals surface area contributed by atoms with Gasteiger partial charge >= 0.3 is 0 Å². The van der Waals surface area contributed by atoms with Crippen LogP contribution in [0.3, 0.4) is 0 Å². The fourth-order valence-corrected chi connectivity index (χ4v) is 1.86. The van der Waals surface area contributed by atoms with Crippen LogP contribution >= 0.6 is 0 Å². The highest BCUT2D eigenvalue weighted by Gasteiger charge is 2.08. The minimum absolute atomic E-state index is 0.183. The van der Waals surface area contributed by atoms with E-state index in [1.807, 2.05) is 30.3 Å². The van der Waals surface area contributed by atoms with Gasteiger partial charge in [0.05, 0.1) is 6.54 Å². The number of nitrogens with one attached hydrogen (secondary N) is 1. The summed E-state index contributed by atoms with van der Waals surface area (Å²) in [6, 6.07) is 12.5. The van der Waals surface area contributed by atoms with Crippen LogP contribution in [0, 0.1) is 11.6 Å². The lowest BCUT2D eigenvalue weighted by molar-refractivity contribution is 0.514. The Balaban J connectivity index is 1.70. The zero-order valence-corrected chi connectivity index (χ0v) is 10.9. The number of hydrogen-bond donors (Lipinski definition) is 1. The Bertz CT molecular complexity index is 723. The zero-order valence-electron chi connectivity index (χ0n) is 10.9. The van der Waals surface area contributed by atoms with Crippen molar-refractivity contribution in [1.29, 1.82) is 0 Å². The third kappa shape index (κ3) is 3.22. The minimum atomic E-state index is -0.645. The fraction of sp³-hybridized carbons (Fsp3) is 0.0667. The molecule has 0 saturated heterocycles. The maximum absolute atomic E-state index is 13.0. The zero-order chi connectivity index (χ0) is 14.7. The van der Waals surface area contributed by atoms with Crippen LogP contribution in [0.5, 0.6) is 0 Å². The van der Waals surface area contributed by atoms with E-state index in [-0.39, 0.29) is 6.54 Å². The van der Waals surface area contributed by atoms with Crippen molar-refractivity contribution in [3.05, 3.63) is 66.1 Å². The molecule has 0 saturated carbocycles. The molecule has 1 N–H and O–H groups in total. The minimum Gasteiger partial charge on any atom is -0.419 e. The normalized spacial score (nSPS) is 10.6. The first-order valence-corrected chi connectivity index (χ1v) is 6.28. The van der Waals surface area contributed by atoms with Gasteiger partial charge in [-0.15, -0.1) is 10.2 Å². The molecule has 6 heteroatoms. The molecule has 0 amide bonds. The number of hydrogen-bond acceptors (Lipinski definition) is 4. The van der Waals surface area contributed by atoms with Crippen molar-refractivity contribution in [2.75, 3.05) is 5.32 Å². The van der Waals surface area contributed by atoms with Crippen LogP contribution in [0.4, 0.5) is 14.5 Å². The smallest absolute Gasteiger partial charge is 0.247 e. The van der Waals surface area contributed by atoms with Crippen molar-refractivity contribution in [2.45, 2.75) is 6.54 Å². The predicted molar refractivity (Wildman–Crippen MR) is 73.4 cm³/mol. The van der Waals surface area contributed by atoms with Gasteiger partial charge in [-0.25, -0.2) is 8.78 Å². The second-order valence-corrected chi connectivity index (χ2v) is 4.38. The van der Waals surface area contributed by atoms with E-state index in [1.165, 1.54) is 12.1 Å². The first-order chi connectivity index (χ1) is 10.2. The monoisotopic (exact) mass is 287 g/mol. The Morgan fingerprint density at radius 3 is 2.38 bits per heavy atom. The van der Waals surface area contributed by atoms with Gasteiger partial charge in [-0.1, -0.05) is 18.2 Å². The summed E-state index contributed by atoms with van der Waals surface area (Å²) in [5.41, 5.74) is 1.13. The van der Waals surface area contributed by atoms with Crippen LogP contribution in [0.1, 0.15) is 5.89 Å². The summed E-state index contributed by atoms with van der Waals surface area (Å²) in [7, 11) is 0. The van der Waals surface area contributed by atoms with Gasteiger partial charge in [0, 0.05) is 17.3 Å². The quantitative estimate of drug-likeness (QED) is 0.796. The molecular formula is C15H11F2N3O. The third-order valence-corrected chi connectivity index (χ3v) is 2.79. The van der Waals surface area contributed by atoms with E-state index in [1.54, 1.807) is 0 Å². The third-order valence-electron chi connectivity index (χ3n) is 2.79. The number of halogens is 2. The maximum atomic E-state index is 13.0. The first-order valence-electron chi connectivity index (χ1n) is 6.28. The Morgan fingerprint density at radius 1 is 0.952 bits per heavy atom. The van der Waals surface area contributed by atoms with Crippen LogP contribution in [0.25, 0.3) is 11.5 Å². The summed E-state index contributed by atoms with van der Waals surface area (Å²) in [5.74, 6) is -0.558. The Morgan fingerprint density at radius 2 is 1.67 bits per heavy atom. The molecule has 0 bridgehead atoms. The fourth-order valence-electron chi connectivity index (χ4n) is 1.86. The molecule has 0 aliphatic carbocycles. The van der Waals surface area contributed by atoms with E-state index in [2.05, 4.69) is 15.5 Å². The molecule has 3 rings (SSSR count). The van der Waals surface area contributed by atoms with E-state index in [4.69, 9.17) is 4.42 Å². The second-order valence-electron chi connectivity index (χ2n) is 4.38. The highest BCUT2D eigenvalue weighted by Crippen LogP contribution is 2.18. The van der Waals surface area contributed by atoms with Gasteiger partial charge in [0.15, 0.2) is 0 Å². The highest BCUT2D eigenvalue weighted by atomic mass is 19.1. The maximum Gasteiger partial charge on any atom is 0.247 e. The molecule has 1 heterocycles. The molecule has 4 nitrogen and oxygen atoms in total. The van der Waals surface area contributed by atoms with Gasteiger partial charge in [0.1, 0.15) is 11.6 Å². The number of rotatable bonds is 4. The molecule has 2 aromatic carbocycles. The average molecular weight is 287 g/mol. The summed E-state index contributed by atoms with van der Waals surface area (Å²) in [4.78, 5) is 0. The van der Waals surface area contributed by atoms with Crippen molar-refractivity contribution in [3.8, 4) is 11.5 Å². The molecule has 106 valence electrons. The SMILES string of the molecule is Fc1cc(F)cc(NCc2nnc(-c3ccccc3)o2)c1. The van der Waals surface area contributed by atoms with Gasteiger partial charge in [0.25, 0.3) is 0 Å². The highest BCUT2D eigenvalue weighted by molar-refractivity contribution is 5.51. The summed E-state index contributed by atoms with van der Waals surface area (Å²) >= 11 is 0. The second kappa shape index (κ2) is 5.70. The Kier molecular flexibility index (Phi) is 3.59. The standard InChI is InChI=1S/C15H11F2N3O/c16-11-6-12(17)8-13(7-11)18-9-14-19-20-15(21-14)10-4-2-1-3-5-10/h1-8,18H,9H2. The lowest BCUT2D eigenvalue weighted by atomic mass is 10.2. The Hall–Kier alpha value is -2.76. The molecule has 21 heavy (non-hydrogen) atoms. The summed E-state index contributed by atoms with van der Waals surface area (Å²) in [6.45, 7) is 0.183. The van der Waals surface area contributed by atoms with Crippen LogP contribution < -0.4 is 5.32 Å². The van der Waals surface area contributed by atoms with E-state index in [0.29, 0.717) is 17.5 Å². The van der Waals surface area contributed by atoms with Crippen molar-refractivity contribution in [2.24, 2.45) is 0 Å². The summed E-state index contributed by atoms with van der Waals surface area (Å²) in [6.07, 6.45) is 0. The molecule has 0 atom stereocenters. The first kappa shape index (κ1) is 13.2. The van der Waals surface area contributed by atoms with Crippen molar-refractivity contribution >= 4 is 5.69 Å². The van der Waals surface area contributed by atoms with Crippen LogP contribution in [0.2, 0.25) is 0 Å². The molecular weight excluding hydrogens is 276 g/mol. The van der Waals surface area contributed by atoms with Crippen LogP contribution in [-0.2, 0) is 6.54 Å². The van der Waals surface area contributed by atoms with Crippen molar-refractivity contribution in [1.82, 2.24) is 10.2 Å². The van der Waals surface area contributed by atoms with Gasteiger partial charge in [-0.2, -0.15) is 0 Å². The van der Waals surface area contributed by atoms with Crippen molar-refractivity contribution < 1.29 is 13.2 Å². The molecule has 0 spiro atoms. The van der Waals surface area contributed by atoms with E-state index in [9.17, 15) is 8.78 Å². The van der Waals surface area contributed by atoms with E-state index in [0.717, 1.165) is 11.6 Å².